The van der Waals surface area contributed by atoms with Crippen LogP contribution in [-0.4, -0.2) is 4.98 Å². The van der Waals surface area contributed by atoms with E-state index in [0.717, 1.165) is 0 Å². The Labute approximate surface area is 108 Å². The summed E-state index contributed by atoms with van der Waals surface area (Å²) in [6.07, 6.45) is 0. The van der Waals surface area contributed by atoms with Crippen LogP contribution in [0.2, 0.25) is 0 Å². The zero-order valence-electron chi connectivity index (χ0n) is 9.84. The molecular weight excluding hydrogens is 245 g/mol. The van der Waals surface area contributed by atoms with E-state index in [0.29, 0.717) is 22.5 Å². The number of ether oxygens (including phenoxy) is 1. The topological polar surface area (TPSA) is 42.0 Å². The summed E-state index contributed by atoms with van der Waals surface area (Å²) in [5, 5.41) is 12.1. The zero-order chi connectivity index (χ0) is 13.2. The quantitative estimate of drug-likeness (QED) is 0.683. The minimum Gasteiger partial charge on any atom is -0.439 e. The molecule has 1 heterocycles. The maximum absolute atomic E-state index is 12.8. The molecule has 3 nitrogen and oxygen atoms in total. The van der Waals surface area contributed by atoms with Crippen LogP contribution in [0.15, 0.2) is 54.6 Å². The van der Waals surface area contributed by atoms with Gasteiger partial charge in [-0.05, 0) is 42.5 Å². The monoisotopic (exact) mass is 254 g/mol. The Bertz CT molecular complexity index is 726. The van der Waals surface area contributed by atoms with Gasteiger partial charge in [0.05, 0.1) is 5.52 Å². The number of aromatic nitrogens is 1. The first kappa shape index (κ1) is 11.5. The van der Waals surface area contributed by atoms with E-state index in [9.17, 15) is 9.50 Å². The molecule has 0 amide bonds. The van der Waals surface area contributed by atoms with Crippen LogP contribution in [0.25, 0.3) is 10.9 Å². The van der Waals surface area contributed by atoms with Crippen molar-refractivity contribution in [1.82, 2.24) is 4.98 Å². The molecular formula is C15H9FNO2. The first-order chi connectivity index (χ1) is 9.22. The van der Waals surface area contributed by atoms with Crippen molar-refractivity contribution in [1.29, 1.82) is 0 Å². The van der Waals surface area contributed by atoms with Gasteiger partial charge in [-0.3, -0.25) is 5.11 Å². The highest BCUT2D eigenvalue weighted by Crippen LogP contribution is 2.27. The van der Waals surface area contributed by atoms with Crippen molar-refractivity contribution in [3.63, 3.8) is 0 Å². The largest absolute Gasteiger partial charge is 0.439 e. The summed E-state index contributed by atoms with van der Waals surface area (Å²) in [4.78, 5) is 4.24. The second-order valence-corrected chi connectivity index (χ2v) is 4.03. The highest BCUT2D eigenvalue weighted by Gasteiger charge is 2.05. The average molecular weight is 254 g/mol. The van der Waals surface area contributed by atoms with E-state index in [2.05, 4.69) is 4.98 Å². The molecule has 3 rings (SSSR count). The smallest absolute Gasteiger partial charge is 0.219 e. The highest BCUT2D eigenvalue weighted by molar-refractivity contribution is 5.85. The molecule has 0 unspecified atom stereocenters. The normalized spacial score (nSPS) is 10.6. The van der Waals surface area contributed by atoms with Gasteiger partial charge < -0.3 is 4.74 Å². The molecule has 0 saturated carbocycles. The van der Waals surface area contributed by atoms with Gasteiger partial charge in [0.2, 0.25) is 5.88 Å². The molecule has 1 radical (unpaired) electrons. The van der Waals surface area contributed by atoms with Crippen LogP contribution in [0.4, 0.5) is 4.39 Å². The van der Waals surface area contributed by atoms with Crippen molar-refractivity contribution >= 4 is 10.9 Å². The highest BCUT2D eigenvalue weighted by atomic mass is 19.1. The van der Waals surface area contributed by atoms with E-state index in [-0.39, 0.29) is 11.6 Å². The van der Waals surface area contributed by atoms with E-state index in [1.807, 2.05) is 0 Å². The summed E-state index contributed by atoms with van der Waals surface area (Å²) in [6.45, 7) is 0. The molecule has 19 heavy (non-hydrogen) atoms. The fourth-order valence-corrected chi connectivity index (χ4v) is 1.79. The average Bonchev–Trinajstić information content (AvgIpc) is 2.42. The third-order valence-electron chi connectivity index (χ3n) is 2.70. The van der Waals surface area contributed by atoms with Crippen LogP contribution in [0.1, 0.15) is 0 Å². The molecule has 0 aliphatic carbocycles. The fourth-order valence-electron chi connectivity index (χ4n) is 1.79. The SMILES string of the molecule is [O]c1cccc2nc(Oc3ccc(F)cc3)ccc12. The second-order valence-electron chi connectivity index (χ2n) is 4.03. The maximum Gasteiger partial charge on any atom is 0.219 e. The summed E-state index contributed by atoms with van der Waals surface area (Å²) < 4.78 is 18.3. The Morgan fingerprint density at radius 2 is 1.74 bits per heavy atom. The lowest BCUT2D eigenvalue weighted by Gasteiger charge is -2.05. The number of pyridine rings is 1. The standard InChI is InChI=1S/C15H9FNO2/c16-10-4-6-11(7-5-10)19-15-9-8-12-13(17-15)2-1-3-14(12)18/h1-9H. The number of nitrogens with zero attached hydrogens (tertiary/aromatic N) is 1. The maximum atomic E-state index is 12.8. The molecule has 1 aromatic heterocycles. The molecule has 0 atom stereocenters. The number of benzene rings is 2. The van der Waals surface area contributed by atoms with E-state index < -0.39 is 0 Å². The van der Waals surface area contributed by atoms with Crippen LogP contribution in [0, 0.1) is 5.82 Å². The molecule has 0 aliphatic heterocycles. The van der Waals surface area contributed by atoms with Crippen molar-refractivity contribution in [2.75, 3.05) is 0 Å². The zero-order valence-corrected chi connectivity index (χ0v) is 9.84. The van der Waals surface area contributed by atoms with Gasteiger partial charge in [-0.1, -0.05) is 6.07 Å². The van der Waals surface area contributed by atoms with Crippen LogP contribution in [0.3, 0.4) is 0 Å². The van der Waals surface area contributed by atoms with E-state index in [4.69, 9.17) is 4.74 Å². The molecule has 3 aromatic rings. The molecule has 0 bridgehead atoms. The Morgan fingerprint density at radius 1 is 0.947 bits per heavy atom. The van der Waals surface area contributed by atoms with Crippen molar-refractivity contribution < 1.29 is 14.2 Å². The molecule has 93 valence electrons. The first-order valence-electron chi connectivity index (χ1n) is 5.72. The van der Waals surface area contributed by atoms with Gasteiger partial charge >= 0.3 is 0 Å². The van der Waals surface area contributed by atoms with E-state index in [1.54, 1.807) is 24.3 Å². The molecule has 0 saturated heterocycles. The summed E-state index contributed by atoms with van der Waals surface area (Å²) in [5.74, 6) is 0.462. The summed E-state index contributed by atoms with van der Waals surface area (Å²) in [6, 6.07) is 13.8. The molecule has 0 spiro atoms. The molecule has 2 aromatic carbocycles. The lowest BCUT2D eigenvalue weighted by molar-refractivity contribution is 0.360. The fraction of sp³-hybridized carbons (Fsp3) is 0. The second kappa shape index (κ2) is 4.57. The number of fused-ring (bicyclic) bond motifs is 1. The summed E-state index contributed by atoms with van der Waals surface area (Å²) in [7, 11) is 0. The van der Waals surface area contributed by atoms with Gasteiger partial charge in [0, 0.05) is 11.5 Å². The molecule has 4 heteroatoms. The van der Waals surface area contributed by atoms with Crippen molar-refractivity contribution in [3.8, 4) is 17.4 Å². The van der Waals surface area contributed by atoms with Gasteiger partial charge in [-0.25, -0.2) is 9.37 Å². The van der Waals surface area contributed by atoms with Gasteiger partial charge in [-0.2, -0.15) is 0 Å². The van der Waals surface area contributed by atoms with Gasteiger partial charge in [0.1, 0.15) is 11.6 Å². The molecule has 0 aliphatic rings. The molecule has 0 N–H and O–H groups in total. The van der Waals surface area contributed by atoms with Crippen LogP contribution in [-0.2, 0) is 5.11 Å². The van der Waals surface area contributed by atoms with Crippen LogP contribution >= 0.6 is 0 Å². The Hall–Kier alpha value is -2.62. The summed E-state index contributed by atoms with van der Waals surface area (Å²) in [5.41, 5.74) is 0.576. The number of hydrogen-bond donors (Lipinski definition) is 0. The lowest BCUT2D eigenvalue weighted by Crippen LogP contribution is -1.88. The molecule has 0 fully saturated rings. The number of rotatable bonds is 2. The van der Waals surface area contributed by atoms with Crippen molar-refractivity contribution in [2.45, 2.75) is 0 Å². The van der Waals surface area contributed by atoms with Crippen molar-refractivity contribution in [3.05, 3.63) is 60.4 Å². The minimum absolute atomic E-state index is 0.0710. The first-order valence-corrected chi connectivity index (χ1v) is 5.72. The Kier molecular flexibility index (Phi) is 2.76. The predicted octanol–water partition coefficient (Wildman–Crippen LogP) is 4.31. The van der Waals surface area contributed by atoms with Crippen LogP contribution in [0.5, 0.6) is 17.4 Å². The van der Waals surface area contributed by atoms with E-state index in [1.165, 1.54) is 30.3 Å². The Morgan fingerprint density at radius 3 is 2.53 bits per heavy atom. The van der Waals surface area contributed by atoms with Crippen LogP contribution < -0.4 is 4.74 Å². The predicted molar refractivity (Wildman–Crippen MR) is 68.3 cm³/mol. The van der Waals surface area contributed by atoms with Gasteiger partial charge in [0.25, 0.3) is 0 Å². The summed E-state index contributed by atoms with van der Waals surface area (Å²) >= 11 is 0. The van der Waals surface area contributed by atoms with E-state index >= 15 is 0 Å². The minimum atomic E-state index is -0.324. The third kappa shape index (κ3) is 2.33. The third-order valence-corrected chi connectivity index (χ3v) is 2.70. The lowest BCUT2D eigenvalue weighted by atomic mass is 10.2. The number of halogens is 1. The number of hydrogen-bond acceptors (Lipinski definition) is 2. The van der Waals surface area contributed by atoms with Gasteiger partial charge in [0.15, 0.2) is 5.75 Å². The van der Waals surface area contributed by atoms with Gasteiger partial charge in [-0.15, -0.1) is 0 Å². The Balaban J connectivity index is 1.95. The van der Waals surface area contributed by atoms with Crippen molar-refractivity contribution in [2.24, 2.45) is 0 Å².